The minimum Gasteiger partial charge on any atom is -0.495 e. The van der Waals surface area contributed by atoms with E-state index in [0.29, 0.717) is 23.1 Å². The number of unbranched alkanes of at least 4 members (excludes halogenated alkanes) is 2. The van der Waals surface area contributed by atoms with Gasteiger partial charge in [-0.05, 0) is 55.8 Å². The molecule has 12 heteroatoms. The summed E-state index contributed by atoms with van der Waals surface area (Å²) in [6, 6.07) is 14.3. The van der Waals surface area contributed by atoms with E-state index in [1.165, 1.54) is 48.4 Å². The molecule has 0 aliphatic carbocycles. The lowest BCUT2D eigenvalue weighted by Crippen LogP contribution is -2.47. The van der Waals surface area contributed by atoms with Gasteiger partial charge in [0.1, 0.15) is 23.7 Å². The van der Waals surface area contributed by atoms with Crippen molar-refractivity contribution in [2.45, 2.75) is 32.6 Å². The molecule has 0 saturated carbocycles. The number of benzene rings is 2. The standard InChI is InChI=1S/C29H40N6O3S2.H2S/c1-5-6-7-8-22-9-12-24(13-10-22)34(3)40-38-32-25-19-23(11-14-27(25)37-4)26-21-39-29(30-26)31-28(36)20-35-17-15-33(2)16-18-35;/h9-14,19,21,32H,5-8,15-18,20H2,1-4H3,(H,30,31,36);1H2. The number of carbonyl (C=O) groups excluding carboxylic acids is 1. The molecule has 0 bridgehead atoms. The van der Waals surface area contributed by atoms with Crippen LogP contribution in [0, 0.1) is 0 Å². The van der Waals surface area contributed by atoms with Crippen molar-refractivity contribution in [2.24, 2.45) is 0 Å². The number of hydrogen-bond acceptors (Lipinski definition) is 10. The normalized spacial score (nSPS) is 13.9. The van der Waals surface area contributed by atoms with Crippen molar-refractivity contribution in [2.75, 3.05) is 69.0 Å². The van der Waals surface area contributed by atoms with Gasteiger partial charge in [0.25, 0.3) is 0 Å². The van der Waals surface area contributed by atoms with Crippen LogP contribution < -0.4 is 19.8 Å². The van der Waals surface area contributed by atoms with E-state index in [1.807, 2.05) is 34.9 Å². The number of carbonyl (C=O) groups is 1. The molecule has 224 valence electrons. The molecule has 3 aromatic rings. The predicted molar refractivity (Wildman–Crippen MR) is 177 cm³/mol. The molecule has 1 aliphatic rings. The molecular weight excluding hydrogens is 577 g/mol. The molecule has 0 unspecified atom stereocenters. The topological polar surface area (TPSA) is 82.2 Å². The number of nitrogens with one attached hydrogen (secondary N) is 2. The first-order valence-corrected chi connectivity index (χ1v) is 15.3. The van der Waals surface area contributed by atoms with Crippen LogP contribution in [0.3, 0.4) is 0 Å². The Morgan fingerprint density at radius 2 is 1.88 bits per heavy atom. The zero-order valence-corrected chi connectivity index (χ0v) is 26.9. The van der Waals surface area contributed by atoms with Crippen molar-refractivity contribution in [1.29, 1.82) is 0 Å². The smallest absolute Gasteiger partial charge is 0.240 e. The molecule has 41 heavy (non-hydrogen) atoms. The van der Waals surface area contributed by atoms with Gasteiger partial charge in [0.2, 0.25) is 5.91 Å². The van der Waals surface area contributed by atoms with Gasteiger partial charge >= 0.3 is 0 Å². The van der Waals surface area contributed by atoms with Crippen molar-refractivity contribution in [3.05, 3.63) is 53.4 Å². The third-order valence-corrected chi connectivity index (χ3v) is 8.23. The van der Waals surface area contributed by atoms with Crippen LogP contribution in [0.1, 0.15) is 31.7 Å². The second-order valence-electron chi connectivity index (χ2n) is 9.96. The summed E-state index contributed by atoms with van der Waals surface area (Å²) >= 11 is 2.61. The van der Waals surface area contributed by atoms with E-state index in [-0.39, 0.29) is 19.4 Å². The average molecular weight is 619 g/mol. The Balaban J connectivity index is 0.00000462. The van der Waals surface area contributed by atoms with Crippen LogP contribution >= 0.6 is 37.1 Å². The maximum Gasteiger partial charge on any atom is 0.240 e. The molecule has 2 heterocycles. The molecule has 1 saturated heterocycles. The molecule has 2 N–H and O–H groups in total. The van der Waals surface area contributed by atoms with Crippen molar-refractivity contribution >= 4 is 59.5 Å². The zero-order valence-electron chi connectivity index (χ0n) is 24.3. The number of rotatable bonds is 14. The van der Waals surface area contributed by atoms with Gasteiger partial charge in [-0.1, -0.05) is 31.9 Å². The molecule has 1 amide bonds. The van der Waals surface area contributed by atoms with Gasteiger partial charge in [-0.25, -0.2) is 10.5 Å². The quantitative estimate of drug-likeness (QED) is 0.0994. The predicted octanol–water partition coefficient (Wildman–Crippen LogP) is 5.89. The maximum absolute atomic E-state index is 12.5. The summed E-state index contributed by atoms with van der Waals surface area (Å²) in [4.78, 5) is 21.6. The lowest BCUT2D eigenvalue weighted by atomic mass is 10.1. The first-order valence-electron chi connectivity index (χ1n) is 13.7. The third-order valence-electron chi connectivity index (χ3n) is 6.88. The van der Waals surface area contributed by atoms with E-state index in [2.05, 4.69) is 63.8 Å². The summed E-state index contributed by atoms with van der Waals surface area (Å²) in [6.07, 6.45) is 4.83. The minimum absolute atomic E-state index is 0. The first-order chi connectivity index (χ1) is 19.4. The highest BCUT2D eigenvalue weighted by Gasteiger charge is 2.18. The van der Waals surface area contributed by atoms with E-state index < -0.39 is 0 Å². The number of thiazole rings is 1. The summed E-state index contributed by atoms with van der Waals surface area (Å²) < 4.78 is 13.2. The highest BCUT2D eigenvalue weighted by atomic mass is 32.2. The van der Waals surface area contributed by atoms with Crippen LogP contribution in [0.15, 0.2) is 47.8 Å². The molecule has 1 aromatic heterocycles. The first kappa shape index (κ1) is 33.0. The molecule has 2 aromatic carbocycles. The monoisotopic (exact) mass is 618 g/mol. The fourth-order valence-electron chi connectivity index (χ4n) is 4.39. The van der Waals surface area contributed by atoms with Gasteiger partial charge in [0.15, 0.2) is 5.13 Å². The Morgan fingerprint density at radius 1 is 1.12 bits per heavy atom. The van der Waals surface area contributed by atoms with Gasteiger partial charge in [-0.3, -0.25) is 14.0 Å². The zero-order chi connectivity index (χ0) is 28.3. The van der Waals surface area contributed by atoms with Crippen LogP contribution in [0.4, 0.5) is 16.5 Å². The van der Waals surface area contributed by atoms with Gasteiger partial charge in [-0.2, -0.15) is 17.8 Å². The Hall–Kier alpha value is -2.48. The van der Waals surface area contributed by atoms with Crippen molar-refractivity contribution in [1.82, 2.24) is 14.8 Å². The second kappa shape index (κ2) is 16.8. The van der Waals surface area contributed by atoms with Crippen LogP contribution in [0.25, 0.3) is 11.3 Å². The molecule has 4 rings (SSSR count). The summed E-state index contributed by atoms with van der Waals surface area (Å²) in [7, 11) is 5.69. The molecule has 1 aliphatic heterocycles. The highest BCUT2D eigenvalue weighted by Crippen LogP contribution is 2.33. The van der Waals surface area contributed by atoms with E-state index in [9.17, 15) is 4.79 Å². The van der Waals surface area contributed by atoms with Crippen molar-refractivity contribution in [3.8, 4) is 17.0 Å². The Bertz CT molecular complexity index is 1220. The minimum atomic E-state index is -0.0387. The van der Waals surface area contributed by atoms with Gasteiger partial charge in [0.05, 0.1) is 19.3 Å². The number of aryl methyl sites for hydroxylation is 1. The lowest BCUT2D eigenvalue weighted by Gasteiger charge is -2.31. The van der Waals surface area contributed by atoms with E-state index in [0.717, 1.165) is 49.5 Å². The number of aromatic nitrogens is 1. The lowest BCUT2D eigenvalue weighted by molar-refractivity contribution is -0.117. The van der Waals surface area contributed by atoms with E-state index in [4.69, 9.17) is 9.02 Å². The molecular formula is C29H42N6O3S3. The summed E-state index contributed by atoms with van der Waals surface area (Å²) in [5.74, 6) is 0.614. The van der Waals surface area contributed by atoms with Crippen LogP contribution in [0.5, 0.6) is 5.75 Å². The third kappa shape index (κ3) is 10.1. The van der Waals surface area contributed by atoms with E-state index in [1.54, 1.807) is 7.11 Å². The van der Waals surface area contributed by atoms with Gasteiger partial charge in [0, 0.05) is 49.9 Å². The number of piperazine rings is 1. The maximum atomic E-state index is 12.5. The van der Waals surface area contributed by atoms with Crippen molar-refractivity contribution in [3.63, 3.8) is 0 Å². The van der Waals surface area contributed by atoms with Crippen LogP contribution in [-0.4, -0.2) is 74.6 Å². The number of anilines is 3. The van der Waals surface area contributed by atoms with Gasteiger partial charge in [-0.15, -0.1) is 11.3 Å². The number of amides is 1. The fourth-order valence-corrected chi connectivity index (χ4v) is 5.58. The largest absolute Gasteiger partial charge is 0.495 e. The molecule has 0 atom stereocenters. The Kier molecular flexibility index (Phi) is 13.6. The number of nitrogens with zero attached hydrogens (tertiary/aromatic N) is 4. The fraction of sp³-hybridized carbons (Fsp3) is 0.448. The Morgan fingerprint density at radius 3 is 2.59 bits per heavy atom. The summed E-state index contributed by atoms with van der Waals surface area (Å²) in [6.45, 7) is 6.36. The molecule has 0 radical (unpaired) electrons. The Labute approximate surface area is 259 Å². The number of likely N-dealkylation sites (N-methyl/N-ethyl adjacent to an activating group) is 1. The average Bonchev–Trinajstić information content (AvgIpc) is 3.43. The molecule has 1 fully saturated rings. The summed E-state index contributed by atoms with van der Waals surface area (Å²) in [5.41, 5.74) is 7.75. The molecule has 9 nitrogen and oxygen atoms in total. The van der Waals surface area contributed by atoms with Gasteiger partial charge < -0.3 is 15.0 Å². The number of hydrogen-bond donors (Lipinski definition) is 2. The summed E-state index contributed by atoms with van der Waals surface area (Å²) in [5, 5.41) is 5.47. The molecule has 0 spiro atoms. The number of methoxy groups -OCH3 is 1. The van der Waals surface area contributed by atoms with E-state index >= 15 is 0 Å². The highest BCUT2D eigenvalue weighted by molar-refractivity contribution is 7.96. The SMILES string of the molecule is CCCCCc1ccc(N(C)SONc2cc(-c3csc(NC(=O)CN4CCN(C)CC4)n3)ccc2OC)cc1.S. The van der Waals surface area contributed by atoms with Crippen LogP contribution in [-0.2, 0) is 15.5 Å². The number of ether oxygens (including phenoxy) is 1. The van der Waals surface area contributed by atoms with Crippen molar-refractivity contribution < 1.29 is 13.8 Å². The van der Waals surface area contributed by atoms with Crippen LogP contribution in [0.2, 0.25) is 0 Å². The second-order valence-corrected chi connectivity index (χ2v) is 11.7.